The van der Waals surface area contributed by atoms with Crippen LogP contribution in [0.1, 0.15) is 17.8 Å². The maximum atomic E-state index is 5.32. The molecular formula is C19H27IN8O. The van der Waals surface area contributed by atoms with E-state index in [1.54, 1.807) is 6.26 Å². The van der Waals surface area contributed by atoms with Gasteiger partial charge < -0.3 is 14.6 Å². The third kappa shape index (κ3) is 5.37. The Bertz CT molecular complexity index is 916. The molecule has 2 N–H and O–H groups in total. The van der Waals surface area contributed by atoms with Crippen LogP contribution < -0.4 is 5.32 Å². The molecule has 1 aliphatic rings. The van der Waals surface area contributed by atoms with Crippen LogP contribution >= 0.6 is 24.0 Å². The Hall–Kier alpha value is -2.37. The average Bonchev–Trinajstić information content (AvgIpc) is 3.47. The molecule has 1 unspecified atom stereocenters. The Morgan fingerprint density at radius 2 is 2.34 bits per heavy atom. The molecule has 1 atom stereocenters. The van der Waals surface area contributed by atoms with Gasteiger partial charge in [0.15, 0.2) is 11.7 Å². The summed E-state index contributed by atoms with van der Waals surface area (Å²) in [5, 5.41) is 14.9. The number of aliphatic imine (C=N–C) groups is 1. The smallest absolute Gasteiger partial charge is 0.216 e. The van der Waals surface area contributed by atoms with Gasteiger partial charge in [-0.15, -0.1) is 24.0 Å². The van der Waals surface area contributed by atoms with E-state index in [-0.39, 0.29) is 24.0 Å². The first-order valence-electron chi connectivity index (χ1n) is 9.59. The number of guanidine groups is 1. The van der Waals surface area contributed by atoms with Crippen molar-refractivity contribution >= 4 is 29.9 Å². The monoisotopic (exact) mass is 510 g/mol. The van der Waals surface area contributed by atoms with Crippen LogP contribution in [0.15, 0.2) is 40.2 Å². The summed E-state index contributed by atoms with van der Waals surface area (Å²) in [6, 6.07) is 3.68. The fourth-order valence-electron chi connectivity index (χ4n) is 3.65. The van der Waals surface area contributed by atoms with Gasteiger partial charge in [0, 0.05) is 46.3 Å². The van der Waals surface area contributed by atoms with Crippen LogP contribution in [0.25, 0.3) is 11.6 Å². The Kier molecular flexibility index (Phi) is 7.29. The summed E-state index contributed by atoms with van der Waals surface area (Å²) in [4.78, 5) is 11.2. The second-order valence-electron chi connectivity index (χ2n) is 7.13. The molecule has 0 saturated carbocycles. The van der Waals surface area contributed by atoms with E-state index in [0.29, 0.717) is 17.5 Å². The lowest BCUT2D eigenvalue weighted by Gasteiger charge is -2.21. The van der Waals surface area contributed by atoms with Gasteiger partial charge in [-0.1, -0.05) is 0 Å². The predicted molar refractivity (Wildman–Crippen MR) is 121 cm³/mol. The fourth-order valence-corrected chi connectivity index (χ4v) is 3.65. The van der Waals surface area contributed by atoms with Gasteiger partial charge in [0.05, 0.1) is 12.5 Å². The zero-order valence-electron chi connectivity index (χ0n) is 16.7. The molecule has 10 heteroatoms. The molecule has 0 aliphatic carbocycles. The van der Waals surface area contributed by atoms with Crippen molar-refractivity contribution in [3.63, 3.8) is 0 Å². The van der Waals surface area contributed by atoms with Crippen LogP contribution in [0.4, 0.5) is 0 Å². The lowest BCUT2D eigenvalue weighted by Crippen LogP contribution is -2.41. The molecule has 0 radical (unpaired) electrons. The summed E-state index contributed by atoms with van der Waals surface area (Å²) < 4.78 is 7.19. The van der Waals surface area contributed by atoms with Gasteiger partial charge >= 0.3 is 0 Å². The molecule has 4 heterocycles. The number of nitrogens with one attached hydrogen (secondary N) is 2. The predicted octanol–water partition coefficient (Wildman–Crippen LogP) is 2.10. The van der Waals surface area contributed by atoms with Crippen molar-refractivity contribution in [3.05, 3.63) is 42.2 Å². The van der Waals surface area contributed by atoms with E-state index in [2.05, 4.69) is 41.7 Å². The number of aromatic nitrogens is 5. The lowest BCUT2D eigenvalue weighted by molar-refractivity contribution is 0.460. The highest BCUT2D eigenvalue weighted by molar-refractivity contribution is 14.0. The third-order valence-electron chi connectivity index (χ3n) is 5.00. The van der Waals surface area contributed by atoms with Crippen LogP contribution in [0.2, 0.25) is 0 Å². The molecule has 3 aromatic rings. The van der Waals surface area contributed by atoms with E-state index in [0.717, 1.165) is 44.3 Å². The van der Waals surface area contributed by atoms with Gasteiger partial charge in [-0.25, -0.2) is 4.98 Å². The number of aromatic amines is 1. The van der Waals surface area contributed by atoms with Crippen LogP contribution in [-0.4, -0.2) is 62.5 Å². The van der Waals surface area contributed by atoms with Crippen molar-refractivity contribution in [2.75, 3.05) is 26.7 Å². The standard InChI is InChI=1S/C19H26N8O.HI/c1-20-19(27-8-6-14(13-27)10-15-11-22-26(2)12-15)21-7-5-17-23-18(25-24-17)16-4-3-9-28-16;/h3-4,9,11-12,14H,5-8,10,13H2,1-2H3,(H,20,21)(H,23,24,25);1H. The van der Waals surface area contributed by atoms with Gasteiger partial charge in [-0.2, -0.15) is 10.2 Å². The largest absolute Gasteiger partial charge is 0.461 e. The molecule has 1 aliphatic heterocycles. The van der Waals surface area contributed by atoms with Crippen molar-refractivity contribution in [2.24, 2.45) is 18.0 Å². The SMILES string of the molecule is CN=C(NCCc1nc(-c2ccco2)n[nH]1)N1CCC(Cc2cnn(C)c2)C1.I. The summed E-state index contributed by atoms with van der Waals surface area (Å²) in [6.07, 6.45) is 8.65. The molecule has 29 heavy (non-hydrogen) atoms. The molecule has 9 nitrogen and oxygen atoms in total. The van der Waals surface area contributed by atoms with Crippen LogP contribution in [0.3, 0.4) is 0 Å². The molecular weight excluding hydrogens is 483 g/mol. The summed E-state index contributed by atoms with van der Waals surface area (Å²) in [5.41, 5.74) is 1.30. The minimum absolute atomic E-state index is 0. The van der Waals surface area contributed by atoms with Crippen molar-refractivity contribution in [2.45, 2.75) is 19.3 Å². The Labute approximate surface area is 187 Å². The molecule has 0 spiro atoms. The highest BCUT2D eigenvalue weighted by Crippen LogP contribution is 2.20. The quantitative estimate of drug-likeness (QED) is 0.300. The van der Waals surface area contributed by atoms with E-state index in [9.17, 15) is 0 Å². The molecule has 1 saturated heterocycles. The minimum Gasteiger partial charge on any atom is -0.461 e. The fraction of sp³-hybridized carbons (Fsp3) is 0.474. The number of likely N-dealkylation sites (tertiary alicyclic amines) is 1. The normalized spacial score (nSPS) is 16.8. The maximum Gasteiger partial charge on any atom is 0.216 e. The van der Waals surface area contributed by atoms with Gasteiger partial charge in [-0.3, -0.25) is 14.8 Å². The number of nitrogens with zero attached hydrogens (tertiary/aromatic N) is 6. The number of aryl methyl sites for hydroxylation is 1. The zero-order valence-corrected chi connectivity index (χ0v) is 19.0. The molecule has 156 valence electrons. The van der Waals surface area contributed by atoms with E-state index in [1.165, 1.54) is 12.0 Å². The summed E-state index contributed by atoms with van der Waals surface area (Å²) in [5.74, 6) is 3.66. The number of H-pyrrole nitrogens is 1. The van der Waals surface area contributed by atoms with Crippen molar-refractivity contribution in [3.8, 4) is 11.6 Å². The number of rotatable bonds is 6. The highest BCUT2D eigenvalue weighted by atomic mass is 127. The van der Waals surface area contributed by atoms with Gasteiger partial charge in [0.1, 0.15) is 5.82 Å². The van der Waals surface area contributed by atoms with E-state index >= 15 is 0 Å². The van der Waals surface area contributed by atoms with E-state index in [4.69, 9.17) is 4.42 Å². The van der Waals surface area contributed by atoms with Gasteiger partial charge in [-0.05, 0) is 36.5 Å². The summed E-state index contributed by atoms with van der Waals surface area (Å²) in [7, 11) is 3.79. The molecule has 1 fully saturated rings. The van der Waals surface area contributed by atoms with Crippen LogP contribution in [0.5, 0.6) is 0 Å². The topological polar surface area (TPSA) is 100 Å². The highest BCUT2D eigenvalue weighted by Gasteiger charge is 2.25. The molecule has 0 bridgehead atoms. The minimum atomic E-state index is 0. The Balaban J connectivity index is 0.00000240. The van der Waals surface area contributed by atoms with Crippen LogP contribution in [-0.2, 0) is 19.9 Å². The third-order valence-corrected chi connectivity index (χ3v) is 5.00. The maximum absolute atomic E-state index is 5.32. The summed E-state index contributed by atoms with van der Waals surface area (Å²) in [6.45, 7) is 2.78. The van der Waals surface area contributed by atoms with Crippen molar-refractivity contribution < 1.29 is 4.42 Å². The second-order valence-corrected chi connectivity index (χ2v) is 7.13. The van der Waals surface area contributed by atoms with E-state index < -0.39 is 0 Å². The first kappa shape index (κ1) is 21.3. The second kappa shape index (κ2) is 9.90. The first-order valence-corrected chi connectivity index (χ1v) is 9.59. The first-order chi connectivity index (χ1) is 13.7. The molecule has 4 rings (SSSR count). The zero-order chi connectivity index (χ0) is 19.3. The van der Waals surface area contributed by atoms with Gasteiger partial charge in [0.2, 0.25) is 5.82 Å². The van der Waals surface area contributed by atoms with Gasteiger partial charge in [0.25, 0.3) is 0 Å². The lowest BCUT2D eigenvalue weighted by atomic mass is 10.0. The Morgan fingerprint density at radius 3 is 3.07 bits per heavy atom. The molecule has 0 amide bonds. The van der Waals surface area contributed by atoms with Crippen molar-refractivity contribution in [1.82, 2.24) is 35.2 Å². The van der Waals surface area contributed by atoms with Crippen LogP contribution in [0, 0.1) is 5.92 Å². The molecule has 3 aromatic heterocycles. The van der Waals surface area contributed by atoms with E-state index in [1.807, 2.05) is 37.1 Å². The number of halogens is 1. The summed E-state index contributed by atoms with van der Waals surface area (Å²) >= 11 is 0. The number of furan rings is 1. The average molecular weight is 510 g/mol. The Morgan fingerprint density at radius 1 is 1.45 bits per heavy atom. The van der Waals surface area contributed by atoms with Crippen molar-refractivity contribution in [1.29, 1.82) is 0 Å². The molecule has 0 aromatic carbocycles. The number of hydrogen-bond donors (Lipinski definition) is 2. The number of hydrogen-bond acceptors (Lipinski definition) is 5.